The molecule has 2 aromatic carbocycles. The van der Waals surface area contributed by atoms with Gasteiger partial charge in [-0.05, 0) is 47.7 Å². The van der Waals surface area contributed by atoms with Gasteiger partial charge in [0.15, 0.2) is 17.6 Å². The van der Waals surface area contributed by atoms with Gasteiger partial charge < -0.3 is 19.1 Å². The van der Waals surface area contributed by atoms with Crippen molar-refractivity contribution < 1.29 is 19.0 Å². The van der Waals surface area contributed by atoms with Crippen molar-refractivity contribution in [2.75, 3.05) is 21.3 Å². The smallest absolute Gasteiger partial charge is 0.263 e. The van der Waals surface area contributed by atoms with Crippen LogP contribution in [0.5, 0.6) is 17.2 Å². The van der Waals surface area contributed by atoms with E-state index in [1.54, 1.807) is 33.1 Å². The fourth-order valence-corrected chi connectivity index (χ4v) is 2.93. The summed E-state index contributed by atoms with van der Waals surface area (Å²) in [7, 11) is 4.96. The zero-order valence-electron chi connectivity index (χ0n) is 17.9. The molecule has 0 aliphatic rings. The van der Waals surface area contributed by atoms with Crippen LogP contribution in [0.4, 0.5) is 0 Å². The number of hydrogen-bond donors (Lipinski definition) is 0. The van der Waals surface area contributed by atoms with Gasteiger partial charge in [0.2, 0.25) is 0 Å². The van der Waals surface area contributed by atoms with E-state index in [4.69, 9.17) is 14.2 Å². The first-order chi connectivity index (χ1) is 13.2. The van der Waals surface area contributed by atoms with E-state index >= 15 is 0 Å². The minimum atomic E-state index is -0.578. The second kappa shape index (κ2) is 9.00. The van der Waals surface area contributed by atoms with E-state index in [1.807, 2.05) is 42.5 Å². The quantitative estimate of drug-likeness (QED) is 0.708. The summed E-state index contributed by atoms with van der Waals surface area (Å²) in [6.45, 7) is 8.72. The summed E-state index contributed by atoms with van der Waals surface area (Å²) >= 11 is 0. The van der Waals surface area contributed by atoms with Crippen LogP contribution in [0.3, 0.4) is 0 Å². The van der Waals surface area contributed by atoms with Crippen LogP contribution in [-0.2, 0) is 16.8 Å². The molecule has 5 heteroatoms. The van der Waals surface area contributed by atoms with Crippen molar-refractivity contribution in [1.82, 2.24) is 4.90 Å². The Morgan fingerprint density at radius 3 is 2.14 bits per heavy atom. The van der Waals surface area contributed by atoms with Crippen LogP contribution < -0.4 is 14.2 Å². The van der Waals surface area contributed by atoms with Crippen LogP contribution in [0, 0.1) is 0 Å². The lowest BCUT2D eigenvalue weighted by molar-refractivity contribution is -0.137. The van der Waals surface area contributed by atoms with Gasteiger partial charge in [-0.15, -0.1) is 0 Å². The third kappa shape index (κ3) is 5.41. The number of benzene rings is 2. The van der Waals surface area contributed by atoms with E-state index in [-0.39, 0.29) is 11.3 Å². The highest BCUT2D eigenvalue weighted by atomic mass is 16.5. The van der Waals surface area contributed by atoms with Crippen molar-refractivity contribution in [2.24, 2.45) is 0 Å². The van der Waals surface area contributed by atoms with Gasteiger partial charge in [0.05, 0.1) is 14.2 Å². The first-order valence-corrected chi connectivity index (χ1v) is 9.38. The standard InChI is InChI=1S/C23H31NO4/c1-16(28-19-11-9-18(10-12-19)23(2,3)4)22(25)24(5)15-17-8-13-20(26-6)21(14-17)27-7/h8-14,16H,15H2,1-7H3. The first-order valence-electron chi connectivity index (χ1n) is 9.38. The predicted molar refractivity (Wildman–Crippen MR) is 111 cm³/mol. The van der Waals surface area contributed by atoms with E-state index in [1.165, 1.54) is 5.56 Å². The second-order valence-corrected chi connectivity index (χ2v) is 7.92. The number of likely N-dealkylation sites (N-methyl/N-ethyl adjacent to an activating group) is 1. The normalized spacial score (nSPS) is 12.2. The van der Waals surface area contributed by atoms with E-state index < -0.39 is 6.10 Å². The number of ether oxygens (including phenoxy) is 3. The van der Waals surface area contributed by atoms with E-state index in [9.17, 15) is 4.79 Å². The number of rotatable bonds is 7. The highest BCUT2D eigenvalue weighted by Crippen LogP contribution is 2.28. The van der Waals surface area contributed by atoms with Crippen LogP contribution in [0.1, 0.15) is 38.8 Å². The minimum absolute atomic E-state index is 0.0829. The lowest BCUT2D eigenvalue weighted by Crippen LogP contribution is -2.37. The molecule has 1 atom stereocenters. The summed E-state index contributed by atoms with van der Waals surface area (Å²) in [5.41, 5.74) is 2.26. The third-order valence-corrected chi connectivity index (χ3v) is 4.62. The number of nitrogens with zero attached hydrogens (tertiary/aromatic N) is 1. The summed E-state index contributed by atoms with van der Waals surface area (Å²) in [4.78, 5) is 14.3. The fraction of sp³-hybridized carbons (Fsp3) is 0.435. The molecule has 0 aromatic heterocycles. The highest BCUT2D eigenvalue weighted by Gasteiger charge is 2.20. The number of carbonyl (C=O) groups is 1. The average molecular weight is 386 g/mol. The third-order valence-electron chi connectivity index (χ3n) is 4.62. The number of amides is 1. The van der Waals surface area contributed by atoms with Gasteiger partial charge in [-0.3, -0.25) is 4.79 Å². The maximum Gasteiger partial charge on any atom is 0.263 e. The Balaban J connectivity index is 2.00. The molecule has 2 rings (SSSR count). The molecular formula is C23H31NO4. The molecule has 0 radical (unpaired) electrons. The summed E-state index contributed by atoms with van der Waals surface area (Å²) in [5, 5.41) is 0. The van der Waals surface area contributed by atoms with Crippen LogP contribution >= 0.6 is 0 Å². The molecular weight excluding hydrogens is 354 g/mol. The lowest BCUT2D eigenvalue weighted by Gasteiger charge is -2.23. The van der Waals surface area contributed by atoms with Crippen molar-refractivity contribution in [3.63, 3.8) is 0 Å². The molecule has 152 valence electrons. The van der Waals surface area contributed by atoms with Gasteiger partial charge in [0.25, 0.3) is 5.91 Å². The number of methoxy groups -OCH3 is 2. The largest absolute Gasteiger partial charge is 0.493 e. The molecule has 0 spiro atoms. The second-order valence-electron chi connectivity index (χ2n) is 7.92. The van der Waals surface area contributed by atoms with Gasteiger partial charge in [0.1, 0.15) is 5.75 Å². The van der Waals surface area contributed by atoms with E-state index in [0.717, 1.165) is 5.56 Å². The summed E-state index contributed by atoms with van der Waals surface area (Å²) in [6, 6.07) is 13.5. The van der Waals surface area contributed by atoms with Gasteiger partial charge in [0, 0.05) is 13.6 Å². The van der Waals surface area contributed by atoms with Gasteiger partial charge in [-0.1, -0.05) is 39.0 Å². The molecule has 0 N–H and O–H groups in total. The maximum absolute atomic E-state index is 12.7. The fourth-order valence-electron chi connectivity index (χ4n) is 2.93. The molecule has 0 heterocycles. The topological polar surface area (TPSA) is 48.0 Å². The average Bonchev–Trinajstić information content (AvgIpc) is 2.66. The van der Waals surface area contributed by atoms with E-state index in [2.05, 4.69) is 20.8 Å². The maximum atomic E-state index is 12.7. The van der Waals surface area contributed by atoms with Crippen molar-refractivity contribution >= 4 is 5.91 Å². The lowest BCUT2D eigenvalue weighted by atomic mass is 9.87. The highest BCUT2D eigenvalue weighted by molar-refractivity contribution is 5.80. The van der Waals surface area contributed by atoms with Gasteiger partial charge >= 0.3 is 0 Å². The molecule has 0 saturated heterocycles. The van der Waals surface area contributed by atoms with E-state index in [0.29, 0.717) is 23.8 Å². The summed E-state index contributed by atoms with van der Waals surface area (Å²) in [5.74, 6) is 1.91. The molecule has 28 heavy (non-hydrogen) atoms. The molecule has 0 fully saturated rings. The van der Waals surface area contributed by atoms with Gasteiger partial charge in [-0.25, -0.2) is 0 Å². The molecule has 5 nitrogen and oxygen atoms in total. The summed E-state index contributed by atoms with van der Waals surface area (Å²) in [6.07, 6.45) is -0.578. The zero-order valence-corrected chi connectivity index (χ0v) is 17.9. The van der Waals surface area contributed by atoms with Crippen molar-refractivity contribution in [2.45, 2.75) is 45.8 Å². The van der Waals surface area contributed by atoms with Gasteiger partial charge in [-0.2, -0.15) is 0 Å². The number of carbonyl (C=O) groups excluding carboxylic acids is 1. The monoisotopic (exact) mass is 385 g/mol. The molecule has 0 bridgehead atoms. The SMILES string of the molecule is COc1ccc(CN(C)C(=O)C(C)Oc2ccc(C(C)(C)C)cc2)cc1OC. The van der Waals surface area contributed by atoms with Crippen LogP contribution in [0.15, 0.2) is 42.5 Å². The molecule has 0 aliphatic heterocycles. The molecule has 0 saturated carbocycles. The summed E-state index contributed by atoms with van der Waals surface area (Å²) < 4.78 is 16.4. The zero-order chi connectivity index (χ0) is 20.9. The number of hydrogen-bond acceptors (Lipinski definition) is 4. The van der Waals surface area contributed by atoms with Crippen LogP contribution in [0.25, 0.3) is 0 Å². The Morgan fingerprint density at radius 2 is 1.61 bits per heavy atom. The van der Waals surface area contributed by atoms with Crippen molar-refractivity contribution in [1.29, 1.82) is 0 Å². The Bertz CT molecular complexity index is 793. The van der Waals surface area contributed by atoms with Crippen LogP contribution in [-0.4, -0.2) is 38.2 Å². The van der Waals surface area contributed by atoms with Crippen molar-refractivity contribution in [3.8, 4) is 17.2 Å². The van der Waals surface area contributed by atoms with Crippen LogP contribution in [0.2, 0.25) is 0 Å². The first kappa shape index (κ1) is 21.6. The molecule has 1 unspecified atom stereocenters. The minimum Gasteiger partial charge on any atom is -0.493 e. The molecule has 1 amide bonds. The Morgan fingerprint density at radius 1 is 1.00 bits per heavy atom. The Hall–Kier alpha value is -2.69. The van der Waals surface area contributed by atoms with Crippen molar-refractivity contribution in [3.05, 3.63) is 53.6 Å². The molecule has 0 aliphatic carbocycles. The predicted octanol–water partition coefficient (Wildman–Crippen LogP) is 4.43. The Kier molecular flexibility index (Phi) is 6.95. The molecule has 2 aromatic rings. The Labute approximate surface area is 168 Å².